The molecule has 0 bridgehead atoms. The Morgan fingerprint density at radius 2 is 1.38 bits per heavy atom. The van der Waals surface area contributed by atoms with Crippen molar-refractivity contribution < 1.29 is 48.3 Å². The lowest BCUT2D eigenvalue weighted by Crippen LogP contribution is -2.67. The Kier molecular flexibility index (Phi) is 4.92. The van der Waals surface area contributed by atoms with Crippen LogP contribution in [0.15, 0.2) is 16.8 Å². The van der Waals surface area contributed by atoms with Gasteiger partial charge in [0, 0.05) is 12.8 Å². The summed E-state index contributed by atoms with van der Waals surface area (Å²) in [5.74, 6) is -27.9. The van der Waals surface area contributed by atoms with Gasteiger partial charge in [-0.25, -0.2) is 0 Å². The fourth-order valence-corrected chi connectivity index (χ4v) is 1.59. The van der Waals surface area contributed by atoms with Crippen molar-refractivity contribution in [3.63, 3.8) is 0 Å². The second-order valence-corrected chi connectivity index (χ2v) is 4.90. The lowest BCUT2D eigenvalue weighted by Gasteiger charge is -2.38. The Morgan fingerprint density at radius 3 is 1.83 bits per heavy atom. The molecule has 0 aromatic rings. The zero-order chi connectivity index (χ0) is 19.2. The van der Waals surface area contributed by atoms with Crippen LogP contribution in [0.2, 0.25) is 0 Å². The van der Waals surface area contributed by atoms with Crippen molar-refractivity contribution in [3.05, 3.63) is 11.8 Å². The van der Waals surface area contributed by atoms with Crippen LogP contribution in [0.5, 0.6) is 0 Å². The maximum atomic E-state index is 13.7. The van der Waals surface area contributed by atoms with Crippen LogP contribution in [0, 0.1) is 0 Å². The first-order valence-corrected chi connectivity index (χ1v) is 6.06. The average molecular weight is 378 g/mol. The molecular formula is C11H9F11N2. The largest absolute Gasteiger partial charge is 0.460 e. The molecule has 0 amide bonds. The Bertz CT molecular complexity index is 533. The smallest absolute Gasteiger partial charge is 0.381 e. The summed E-state index contributed by atoms with van der Waals surface area (Å²) in [6, 6.07) is -0.764. The Labute approximate surface area is 127 Å². The van der Waals surface area contributed by atoms with Gasteiger partial charge >= 0.3 is 29.9 Å². The van der Waals surface area contributed by atoms with Gasteiger partial charge in [-0.15, -0.1) is 0 Å². The van der Waals surface area contributed by atoms with E-state index in [4.69, 9.17) is 0 Å². The van der Waals surface area contributed by atoms with Gasteiger partial charge in [-0.1, -0.05) is 0 Å². The van der Waals surface area contributed by atoms with Crippen molar-refractivity contribution in [1.29, 1.82) is 0 Å². The Hall–Kier alpha value is -1.56. The summed E-state index contributed by atoms with van der Waals surface area (Å²) >= 11 is 0. The van der Waals surface area contributed by atoms with Gasteiger partial charge in [-0.2, -0.15) is 48.3 Å². The number of nitrogens with one attached hydrogen (secondary N) is 1. The van der Waals surface area contributed by atoms with Crippen LogP contribution in [0.4, 0.5) is 48.3 Å². The molecule has 0 spiro atoms. The number of allylic oxidation sites excluding steroid dienone is 2. The first-order valence-electron chi connectivity index (χ1n) is 6.06. The maximum absolute atomic E-state index is 13.7. The topological polar surface area (TPSA) is 24.4 Å². The average Bonchev–Trinajstić information content (AvgIpc) is 2.61. The molecule has 1 atom stereocenters. The van der Waals surface area contributed by atoms with Crippen molar-refractivity contribution in [2.45, 2.75) is 42.8 Å². The fourth-order valence-electron chi connectivity index (χ4n) is 1.59. The maximum Gasteiger partial charge on any atom is 0.460 e. The molecule has 1 unspecified atom stereocenters. The number of hydrogen-bond donors (Lipinski definition) is 1. The molecule has 1 aliphatic heterocycles. The number of rotatable bonds is 4. The molecule has 140 valence electrons. The molecule has 1 aliphatic rings. The van der Waals surface area contributed by atoms with Crippen molar-refractivity contribution in [2.24, 2.45) is 4.99 Å². The van der Waals surface area contributed by atoms with E-state index in [0.29, 0.717) is 6.21 Å². The number of alkyl halides is 11. The number of nitrogens with zero attached hydrogens (tertiary/aromatic N) is 1. The zero-order valence-corrected chi connectivity index (χ0v) is 11.5. The molecule has 0 saturated heterocycles. The van der Waals surface area contributed by atoms with E-state index in [2.05, 4.69) is 4.99 Å². The van der Waals surface area contributed by atoms with Crippen LogP contribution >= 0.6 is 0 Å². The molecule has 0 aliphatic carbocycles. The van der Waals surface area contributed by atoms with E-state index in [0.717, 1.165) is 0 Å². The summed E-state index contributed by atoms with van der Waals surface area (Å²) in [7, 11) is 0. The summed E-state index contributed by atoms with van der Waals surface area (Å²) < 4.78 is 142. The van der Waals surface area contributed by atoms with Gasteiger partial charge in [0.2, 0.25) is 0 Å². The van der Waals surface area contributed by atoms with Crippen LogP contribution in [-0.2, 0) is 0 Å². The summed E-state index contributed by atoms with van der Waals surface area (Å²) in [6.07, 6.45) is -6.56. The predicted octanol–water partition coefficient (Wildman–Crippen LogP) is 4.04. The summed E-state index contributed by atoms with van der Waals surface area (Å²) in [5.41, 5.74) is -1.96. The van der Waals surface area contributed by atoms with Gasteiger partial charge in [0.15, 0.2) is 0 Å². The molecule has 1 heterocycles. The second-order valence-electron chi connectivity index (χ2n) is 4.90. The molecule has 0 aromatic carbocycles. The minimum atomic E-state index is -7.42. The van der Waals surface area contributed by atoms with Crippen LogP contribution in [-0.4, -0.2) is 48.7 Å². The van der Waals surface area contributed by atoms with E-state index in [9.17, 15) is 48.3 Å². The third-order valence-corrected chi connectivity index (χ3v) is 3.05. The van der Waals surface area contributed by atoms with Gasteiger partial charge in [-0.05, 0) is 13.0 Å². The van der Waals surface area contributed by atoms with E-state index in [1.165, 1.54) is 6.92 Å². The molecule has 2 nitrogen and oxygen atoms in total. The molecular weight excluding hydrogens is 369 g/mol. The Morgan fingerprint density at radius 1 is 0.875 bits per heavy atom. The third-order valence-electron chi connectivity index (χ3n) is 3.05. The summed E-state index contributed by atoms with van der Waals surface area (Å²) in [5, 5.41) is 1.59. The van der Waals surface area contributed by atoms with Crippen molar-refractivity contribution >= 4 is 6.21 Å². The lowest BCUT2D eigenvalue weighted by molar-refractivity contribution is -0.418. The molecule has 0 aromatic heterocycles. The van der Waals surface area contributed by atoms with Crippen molar-refractivity contribution in [3.8, 4) is 0 Å². The SMILES string of the molecule is CC1CNC(C(F)(F)C(F)(F)C(F)(F)C(F)(F)C(F)(F)F)=CC=N1. The lowest BCUT2D eigenvalue weighted by atomic mass is 9.95. The predicted molar refractivity (Wildman–Crippen MR) is 59.9 cm³/mol. The van der Waals surface area contributed by atoms with Crippen LogP contribution in [0.3, 0.4) is 0 Å². The summed E-state index contributed by atoms with van der Waals surface area (Å²) in [6.45, 7) is 0.748. The van der Waals surface area contributed by atoms with E-state index in [-0.39, 0.29) is 6.08 Å². The molecule has 1 rings (SSSR count). The minimum Gasteiger partial charge on any atom is -0.381 e. The van der Waals surface area contributed by atoms with Gasteiger partial charge in [0.1, 0.15) is 0 Å². The highest BCUT2D eigenvalue weighted by Crippen LogP contribution is 2.58. The third kappa shape index (κ3) is 2.92. The second kappa shape index (κ2) is 5.76. The number of halogens is 11. The van der Waals surface area contributed by atoms with Crippen LogP contribution < -0.4 is 5.32 Å². The van der Waals surface area contributed by atoms with E-state index >= 15 is 0 Å². The monoisotopic (exact) mass is 378 g/mol. The first kappa shape index (κ1) is 20.5. The molecule has 0 fully saturated rings. The summed E-state index contributed by atoms with van der Waals surface area (Å²) in [4.78, 5) is 3.46. The fraction of sp³-hybridized carbons (Fsp3) is 0.727. The number of hydrogen-bond acceptors (Lipinski definition) is 2. The van der Waals surface area contributed by atoms with Gasteiger partial charge in [-0.3, -0.25) is 4.99 Å². The molecule has 13 heteroatoms. The van der Waals surface area contributed by atoms with Crippen LogP contribution in [0.25, 0.3) is 0 Å². The highest BCUT2D eigenvalue weighted by molar-refractivity contribution is 5.73. The van der Waals surface area contributed by atoms with Crippen molar-refractivity contribution in [1.82, 2.24) is 5.32 Å². The highest BCUT2D eigenvalue weighted by Gasteiger charge is 2.87. The first-order chi connectivity index (χ1) is 10.5. The standard InChI is InChI=1S/C11H9F11N2/c1-5-4-24-6(2-3-23-5)7(12,13)8(14,15)9(16,17)10(18,19)11(20,21)22/h2-3,5,24H,4H2,1H3. The molecule has 24 heavy (non-hydrogen) atoms. The van der Waals surface area contributed by atoms with Crippen molar-refractivity contribution in [2.75, 3.05) is 6.54 Å². The normalized spacial score (nSPS) is 21.2. The quantitative estimate of drug-likeness (QED) is 0.734. The highest BCUT2D eigenvalue weighted by atomic mass is 19.4. The van der Waals surface area contributed by atoms with Gasteiger partial charge < -0.3 is 5.32 Å². The van der Waals surface area contributed by atoms with E-state index in [1.54, 1.807) is 5.32 Å². The van der Waals surface area contributed by atoms with Gasteiger partial charge in [0.05, 0.1) is 11.7 Å². The molecule has 0 radical (unpaired) electrons. The number of aliphatic imine (C=N–C) groups is 1. The van der Waals surface area contributed by atoms with E-state index in [1.807, 2.05) is 0 Å². The zero-order valence-electron chi connectivity index (χ0n) is 11.5. The van der Waals surface area contributed by atoms with Gasteiger partial charge in [0.25, 0.3) is 0 Å². The molecule has 1 N–H and O–H groups in total. The minimum absolute atomic E-state index is 0.0964. The molecule has 0 saturated carbocycles. The Balaban J connectivity index is 3.35. The van der Waals surface area contributed by atoms with Crippen LogP contribution in [0.1, 0.15) is 6.92 Å². The van der Waals surface area contributed by atoms with E-state index < -0.39 is 48.2 Å².